The number of aryl methyl sites for hydroxylation is 1. The van der Waals surface area contributed by atoms with E-state index in [9.17, 15) is 4.79 Å². The Labute approximate surface area is 115 Å². The summed E-state index contributed by atoms with van der Waals surface area (Å²) < 4.78 is 5.52. The van der Waals surface area contributed by atoms with Crippen LogP contribution in [0.15, 0.2) is 12.1 Å². The molecule has 0 bridgehead atoms. The Morgan fingerprint density at radius 1 is 1.32 bits per heavy atom. The average molecular weight is 261 g/mol. The minimum atomic E-state index is -0.0496. The van der Waals surface area contributed by atoms with Gasteiger partial charge in [-0.25, -0.2) is 0 Å². The fourth-order valence-electron chi connectivity index (χ4n) is 2.21. The van der Waals surface area contributed by atoms with Gasteiger partial charge in [0, 0.05) is 11.6 Å². The highest BCUT2D eigenvalue weighted by atomic mass is 16.5. The molecule has 1 fully saturated rings. The molecule has 0 atom stereocenters. The minimum absolute atomic E-state index is 0.0199. The van der Waals surface area contributed by atoms with Crippen molar-refractivity contribution in [2.75, 3.05) is 7.11 Å². The van der Waals surface area contributed by atoms with Gasteiger partial charge in [-0.05, 0) is 36.8 Å². The van der Waals surface area contributed by atoms with E-state index in [1.54, 1.807) is 7.11 Å². The van der Waals surface area contributed by atoms with E-state index in [0.717, 1.165) is 24.0 Å². The molecule has 104 valence electrons. The van der Waals surface area contributed by atoms with Crippen LogP contribution in [-0.2, 0) is 5.41 Å². The molecule has 0 radical (unpaired) electrons. The Balaban J connectivity index is 2.46. The van der Waals surface area contributed by atoms with Crippen molar-refractivity contribution in [1.82, 2.24) is 5.32 Å². The van der Waals surface area contributed by atoms with Crippen LogP contribution >= 0.6 is 0 Å². The molecule has 19 heavy (non-hydrogen) atoms. The first-order valence-electron chi connectivity index (χ1n) is 6.83. The first kappa shape index (κ1) is 13.9. The van der Waals surface area contributed by atoms with E-state index >= 15 is 0 Å². The van der Waals surface area contributed by atoms with Gasteiger partial charge in [-0.15, -0.1) is 0 Å². The number of hydrogen-bond acceptors (Lipinski definition) is 2. The van der Waals surface area contributed by atoms with Gasteiger partial charge in [0.2, 0.25) is 0 Å². The van der Waals surface area contributed by atoms with Crippen molar-refractivity contribution in [2.24, 2.45) is 0 Å². The molecular weight excluding hydrogens is 238 g/mol. The predicted octanol–water partition coefficient (Wildman–Crippen LogP) is 3.19. The Hall–Kier alpha value is -1.51. The monoisotopic (exact) mass is 261 g/mol. The van der Waals surface area contributed by atoms with Crippen LogP contribution in [0.5, 0.6) is 5.75 Å². The summed E-state index contributed by atoms with van der Waals surface area (Å²) in [6, 6.07) is 4.37. The molecule has 3 nitrogen and oxygen atoms in total. The summed E-state index contributed by atoms with van der Waals surface area (Å²) in [7, 11) is 1.63. The largest absolute Gasteiger partial charge is 0.496 e. The summed E-state index contributed by atoms with van der Waals surface area (Å²) in [5, 5.41) is 3.03. The Morgan fingerprint density at radius 2 is 1.95 bits per heavy atom. The standard InChI is InChI=1S/C16H23NO2/c1-10-8-12(15(18)17-11-6-7-11)14(19-5)13(9-10)16(2,3)4/h8-9,11H,6-7H2,1-5H3,(H,17,18). The Kier molecular flexibility index (Phi) is 3.57. The van der Waals surface area contributed by atoms with Crippen LogP contribution in [0.1, 0.15) is 55.1 Å². The molecule has 0 spiro atoms. The van der Waals surface area contributed by atoms with Crippen LogP contribution in [0.3, 0.4) is 0 Å². The molecule has 1 amide bonds. The zero-order valence-electron chi connectivity index (χ0n) is 12.5. The van der Waals surface area contributed by atoms with Gasteiger partial charge in [0.05, 0.1) is 12.7 Å². The maximum Gasteiger partial charge on any atom is 0.255 e. The first-order valence-corrected chi connectivity index (χ1v) is 6.83. The van der Waals surface area contributed by atoms with Gasteiger partial charge in [-0.1, -0.05) is 26.8 Å². The number of carbonyl (C=O) groups is 1. The van der Waals surface area contributed by atoms with Crippen LogP contribution in [0.2, 0.25) is 0 Å². The third-order valence-electron chi connectivity index (χ3n) is 3.40. The quantitative estimate of drug-likeness (QED) is 0.907. The molecule has 0 aromatic heterocycles. The van der Waals surface area contributed by atoms with Crippen LogP contribution < -0.4 is 10.1 Å². The molecule has 1 aliphatic carbocycles. The van der Waals surface area contributed by atoms with Crippen molar-refractivity contribution in [3.05, 3.63) is 28.8 Å². The molecule has 1 saturated carbocycles. The van der Waals surface area contributed by atoms with Gasteiger partial charge in [-0.3, -0.25) is 4.79 Å². The lowest BCUT2D eigenvalue weighted by Gasteiger charge is -2.24. The highest BCUT2D eigenvalue weighted by Gasteiger charge is 2.28. The second-order valence-electron chi connectivity index (χ2n) is 6.39. The van der Waals surface area contributed by atoms with Gasteiger partial charge < -0.3 is 10.1 Å². The summed E-state index contributed by atoms with van der Waals surface area (Å²) in [4.78, 5) is 12.3. The fraction of sp³-hybridized carbons (Fsp3) is 0.562. The Morgan fingerprint density at radius 3 is 2.42 bits per heavy atom. The summed E-state index contributed by atoms with van der Waals surface area (Å²) >= 11 is 0. The van der Waals surface area contributed by atoms with E-state index < -0.39 is 0 Å². The molecule has 3 heteroatoms. The molecule has 0 aliphatic heterocycles. The van der Waals surface area contributed by atoms with Gasteiger partial charge in [-0.2, -0.15) is 0 Å². The van der Waals surface area contributed by atoms with Crippen LogP contribution in [0.4, 0.5) is 0 Å². The first-order chi connectivity index (χ1) is 8.82. The molecule has 0 saturated heterocycles. The van der Waals surface area contributed by atoms with Gasteiger partial charge in [0.1, 0.15) is 5.75 Å². The third kappa shape index (κ3) is 3.09. The van der Waals surface area contributed by atoms with E-state index in [4.69, 9.17) is 4.74 Å². The van der Waals surface area contributed by atoms with Gasteiger partial charge in [0.15, 0.2) is 0 Å². The molecule has 1 N–H and O–H groups in total. The third-order valence-corrected chi connectivity index (χ3v) is 3.40. The fourth-order valence-corrected chi connectivity index (χ4v) is 2.21. The summed E-state index contributed by atoms with van der Waals surface area (Å²) in [6.45, 7) is 8.41. The van der Waals surface area contributed by atoms with Gasteiger partial charge >= 0.3 is 0 Å². The Bertz CT molecular complexity index is 496. The van der Waals surface area contributed by atoms with Crippen LogP contribution in [0, 0.1) is 6.92 Å². The smallest absolute Gasteiger partial charge is 0.255 e. The zero-order valence-corrected chi connectivity index (χ0v) is 12.5. The van der Waals surface area contributed by atoms with E-state index in [-0.39, 0.29) is 11.3 Å². The minimum Gasteiger partial charge on any atom is -0.496 e. The lowest BCUT2D eigenvalue weighted by atomic mass is 9.84. The second kappa shape index (κ2) is 4.87. The maximum atomic E-state index is 12.3. The average Bonchev–Trinajstić information content (AvgIpc) is 3.10. The molecule has 1 aliphatic rings. The van der Waals surface area contributed by atoms with E-state index in [1.165, 1.54) is 0 Å². The lowest BCUT2D eigenvalue weighted by Crippen LogP contribution is -2.27. The van der Waals surface area contributed by atoms with Gasteiger partial charge in [0.25, 0.3) is 5.91 Å². The van der Waals surface area contributed by atoms with Crippen molar-refractivity contribution >= 4 is 5.91 Å². The SMILES string of the molecule is COc1c(C(=O)NC2CC2)cc(C)cc1C(C)(C)C. The molecule has 1 aromatic carbocycles. The molecule has 1 aromatic rings. The number of carbonyl (C=O) groups excluding carboxylic acids is 1. The van der Waals surface area contributed by atoms with Crippen molar-refractivity contribution in [1.29, 1.82) is 0 Å². The van der Waals surface area contributed by atoms with E-state index in [0.29, 0.717) is 17.4 Å². The highest BCUT2D eigenvalue weighted by Crippen LogP contribution is 2.35. The normalized spacial score (nSPS) is 15.2. The molecular formula is C16H23NO2. The highest BCUT2D eigenvalue weighted by molar-refractivity contribution is 5.98. The zero-order chi connectivity index (χ0) is 14.2. The number of amides is 1. The van der Waals surface area contributed by atoms with E-state index in [1.807, 2.05) is 13.0 Å². The number of rotatable bonds is 3. The molecule has 2 rings (SSSR count). The lowest BCUT2D eigenvalue weighted by molar-refractivity contribution is 0.0947. The number of benzene rings is 1. The predicted molar refractivity (Wildman–Crippen MR) is 76.9 cm³/mol. The molecule has 0 heterocycles. The molecule has 0 unspecified atom stereocenters. The summed E-state index contributed by atoms with van der Waals surface area (Å²) in [5.74, 6) is 0.685. The summed E-state index contributed by atoms with van der Waals surface area (Å²) in [6.07, 6.45) is 2.18. The van der Waals surface area contributed by atoms with Crippen LogP contribution in [0.25, 0.3) is 0 Å². The number of nitrogens with one attached hydrogen (secondary N) is 1. The number of hydrogen-bond donors (Lipinski definition) is 1. The van der Waals surface area contributed by atoms with Crippen LogP contribution in [-0.4, -0.2) is 19.1 Å². The maximum absolute atomic E-state index is 12.3. The van der Waals surface area contributed by atoms with Crippen molar-refractivity contribution in [2.45, 2.75) is 52.0 Å². The van der Waals surface area contributed by atoms with Crippen molar-refractivity contribution in [3.63, 3.8) is 0 Å². The second-order valence-corrected chi connectivity index (χ2v) is 6.39. The topological polar surface area (TPSA) is 38.3 Å². The van der Waals surface area contributed by atoms with Crippen molar-refractivity contribution < 1.29 is 9.53 Å². The number of methoxy groups -OCH3 is 1. The van der Waals surface area contributed by atoms with E-state index in [2.05, 4.69) is 32.2 Å². The number of ether oxygens (including phenoxy) is 1. The van der Waals surface area contributed by atoms with Crippen molar-refractivity contribution in [3.8, 4) is 5.75 Å². The summed E-state index contributed by atoms with van der Waals surface area (Å²) in [5.41, 5.74) is 2.77.